The van der Waals surface area contributed by atoms with E-state index in [4.69, 9.17) is 15.2 Å². The molecular formula is C14H21N3O2S. The summed E-state index contributed by atoms with van der Waals surface area (Å²) in [5.74, 6) is 0. The highest BCUT2D eigenvalue weighted by Gasteiger charge is 2.11. The molecule has 0 fully saturated rings. The Morgan fingerprint density at radius 2 is 2.40 bits per heavy atom. The van der Waals surface area contributed by atoms with Crippen molar-refractivity contribution >= 4 is 20.9 Å². The molecule has 0 spiro atoms. The lowest BCUT2D eigenvalue weighted by atomic mass is 10.1. The van der Waals surface area contributed by atoms with E-state index in [-0.39, 0.29) is 20.5 Å². The van der Waals surface area contributed by atoms with E-state index in [1.165, 1.54) is 0 Å². The Morgan fingerprint density at radius 3 is 3.10 bits per heavy atom. The van der Waals surface area contributed by atoms with Gasteiger partial charge in [-0.25, -0.2) is 13.1 Å². The highest BCUT2D eigenvalue weighted by atomic mass is 32.2. The van der Waals surface area contributed by atoms with Crippen LogP contribution >= 0.6 is 0 Å². The number of nitrogens with one attached hydrogen (secondary N) is 2. The molecule has 5 nitrogen and oxygen atoms in total. The summed E-state index contributed by atoms with van der Waals surface area (Å²) < 4.78 is 111. The van der Waals surface area contributed by atoms with Gasteiger partial charge in [0.15, 0.2) is 1.41 Å². The van der Waals surface area contributed by atoms with Gasteiger partial charge in [-0.1, -0.05) is 6.07 Å². The Hall–Kier alpha value is -1.37. The number of H-pyrrole nitrogens is 1. The van der Waals surface area contributed by atoms with Gasteiger partial charge in [0.05, 0.1) is 5.70 Å². The minimum Gasteiger partial charge on any atom is -0.361 e. The lowest BCUT2D eigenvalue weighted by Crippen LogP contribution is -2.20. The maximum atomic E-state index is 12.3. The second-order valence-electron chi connectivity index (χ2n) is 3.96. The van der Waals surface area contributed by atoms with Crippen LogP contribution in [0, 0.1) is 0 Å². The molecule has 0 unspecified atom stereocenters. The molecule has 0 bridgehead atoms. The van der Waals surface area contributed by atoms with Crippen molar-refractivity contribution in [1.29, 1.82) is 0 Å². The van der Waals surface area contributed by atoms with Gasteiger partial charge in [-0.05, 0) is 50.7 Å². The molecule has 2 aromatic rings. The third-order valence-corrected chi connectivity index (χ3v) is 3.44. The Labute approximate surface area is 135 Å². The predicted octanol–water partition coefficient (Wildman–Crippen LogP) is 1.32. The van der Waals surface area contributed by atoms with Gasteiger partial charge in [-0.15, -0.1) is 0 Å². The van der Waals surface area contributed by atoms with E-state index in [9.17, 15) is 8.42 Å². The van der Waals surface area contributed by atoms with Crippen LogP contribution in [0.2, 0.25) is 2.82 Å². The Morgan fingerprint density at radius 1 is 1.60 bits per heavy atom. The van der Waals surface area contributed by atoms with Gasteiger partial charge in [0.2, 0.25) is 10.0 Å². The number of aromatic amines is 1. The largest absolute Gasteiger partial charge is 0.361 e. The highest BCUT2D eigenvalue weighted by Crippen LogP contribution is 2.21. The lowest BCUT2D eigenvalue weighted by Gasteiger charge is -2.08. The van der Waals surface area contributed by atoms with Gasteiger partial charge in [-0.2, -0.15) is 0 Å². The van der Waals surface area contributed by atoms with Gasteiger partial charge in [0.1, 0.15) is 1.41 Å². The molecule has 2 rings (SSSR count). The van der Waals surface area contributed by atoms with Gasteiger partial charge < -0.3 is 9.88 Å². The van der Waals surface area contributed by atoms with E-state index in [0.29, 0.717) is 4.98 Å². The van der Waals surface area contributed by atoms with Crippen molar-refractivity contribution in [3.8, 4) is 0 Å². The van der Waals surface area contributed by atoms with Crippen molar-refractivity contribution in [3.63, 3.8) is 0 Å². The second-order valence-corrected chi connectivity index (χ2v) is 5.48. The molecule has 0 atom stereocenters. The molecule has 0 saturated carbocycles. The summed E-state index contributed by atoms with van der Waals surface area (Å²) >= 11 is 0. The number of hydrogen-bond acceptors (Lipinski definition) is 3. The van der Waals surface area contributed by atoms with E-state index < -0.39 is 46.7 Å². The lowest BCUT2D eigenvalue weighted by molar-refractivity contribution is 0.414. The molecule has 1 heterocycles. The summed E-state index contributed by atoms with van der Waals surface area (Å²) in [6.45, 7) is -6.07. The first-order valence-electron chi connectivity index (χ1n) is 11.0. The molecule has 6 heteroatoms. The van der Waals surface area contributed by atoms with Crippen molar-refractivity contribution in [2.45, 2.75) is 12.1 Å². The van der Waals surface area contributed by atoms with Crippen LogP contribution in [0.25, 0.3) is 10.9 Å². The fourth-order valence-corrected chi connectivity index (χ4v) is 2.09. The molecule has 0 saturated heterocycles. The normalized spacial score (nSPS) is 23.5. The minimum atomic E-state index is -4.77. The van der Waals surface area contributed by atoms with Crippen LogP contribution in [0.1, 0.15) is 23.5 Å². The predicted molar refractivity (Wildman–Crippen MR) is 82.2 cm³/mol. The average molecular weight is 306 g/mol. The van der Waals surface area contributed by atoms with Crippen molar-refractivity contribution in [1.82, 2.24) is 14.6 Å². The number of benzene rings is 1. The molecule has 0 radical (unpaired) electrons. The standard InChI is InChI=1S/C14H21N3O2S/c1-15-20(18,19)10-11-4-5-14-13(8-11)12(9-16-14)6-7-17(2)3/h4-5,8-9,15-16H,6-7,10H2,1-3H3/i2D3,6D2,7D2,10D2/hD2. The van der Waals surface area contributed by atoms with Gasteiger partial charge in [0.25, 0.3) is 0 Å². The fraction of sp³-hybridized carbons (Fsp3) is 0.429. The third-order valence-electron chi connectivity index (χ3n) is 2.46. The van der Waals surface area contributed by atoms with E-state index in [1.54, 1.807) is 0 Å². The number of hydrogen-bond donors (Lipinski definition) is 2. The molecule has 0 aliphatic rings. The zero-order valence-electron chi connectivity index (χ0n) is 21.9. The van der Waals surface area contributed by atoms with Crippen molar-refractivity contribution < 1.29 is 23.6 Å². The molecule has 110 valence electrons. The first-order chi connectivity index (χ1) is 13.7. The van der Waals surface area contributed by atoms with E-state index in [1.807, 2.05) is 0 Å². The Balaban J connectivity index is 2.78. The number of likely N-dealkylation sites (N-methyl/N-ethyl adjacent to an activating group) is 1. The van der Waals surface area contributed by atoms with E-state index in [2.05, 4.69) is 0 Å². The Bertz CT molecular complexity index is 1090. The summed E-state index contributed by atoms with van der Waals surface area (Å²) in [5.41, 5.74) is -4.00. The molecule has 1 aromatic carbocycles. The van der Waals surface area contributed by atoms with Gasteiger partial charge >= 0.3 is 0 Å². The number of aromatic nitrogens is 1. The van der Waals surface area contributed by atoms with Crippen LogP contribution in [0.3, 0.4) is 0 Å². The van der Waals surface area contributed by atoms with Crippen LogP contribution in [0.5, 0.6) is 0 Å². The van der Waals surface area contributed by atoms with Crippen LogP contribution in [-0.4, -0.2) is 45.9 Å². The molecule has 0 aliphatic heterocycles. The zero-order chi connectivity index (χ0) is 24.4. The SMILES string of the molecule is [2H]N(C)S(=O)(=O)C([2H])([2H])c1ccc2c(c1)c(C([2H])([2H])C([2H])([2H])N(C)C([2H])([2H])[2H])cn2[2H]. The number of sulfonamides is 1. The van der Waals surface area contributed by atoms with Crippen LogP contribution in [0.4, 0.5) is 0 Å². The topological polar surface area (TPSA) is 65.2 Å². The third kappa shape index (κ3) is 3.59. The van der Waals surface area contributed by atoms with Gasteiger partial charge in [0, 0.05) is 35.9 Å². The molecular weight excluding hydrogens is 274 g/mol. The monoisotopic (exact) mass is 306 g/mol. The molecule has 2 N–H and O–H groups in total. The molecule has 20 heavy (non-hydrogen) atoms. The van der Waals surface area contributed by atoms with Crippen LogP contribution < -0.4 is 4.72 Å². The number of nitrogens with zero attached hydrogens (tertiary/aromatic N) is 1. The van der Waals surface area contributed by atoms with Crippen LogP contribution in [-0.2, 0) is 22.1 Å². The fourth-order valence-electron chi connectivity index (χ4n) is 1.57. The zero-order valence-corrected chi connectivity index (χ0v) is 11.7. The molecule has 1 aromatic heterocycles. The number of rotatable bonds is 6. The van der Waals surface area contributed by atoms with Gasteiger partial charge in [-0.3, -0.25) is 0 Å². The maximum absolute atomic E-state index is 12.3. The first-order valence-corrected chi connectivity index (χ1v) is 7.01. The van der Waals surface area contributed by atoms with E-state index in [0.717, 1.165) is 38.5 Å². The second kappa shape index (κ2) is 5.95. The quantitative estimate of drug-likeness (QED) is 0.846. The summed E-state index contributed by atoms with van der Waals surface area (Å²) in [4.78, 5) is 0.925. The minimum absolute atomic E-state index is 0.0161. The highest BCUT2D eigenvalue weighted by molar-refractivity contribution is 7.88. The molecule has 0 amide bonds. The van der Waals surface area contributed by atoms with Crippen molar-refractivity contribution in [2.24, 2.45) is 0 Å². The molecule has 0 aliphatic carbocycles. The summed E-state index contributed by atoms with van der Waals surface area (Å²) in [6.07, 6.45) is -2.09. The number of fused-ring (bicyclic) bond motifs is 1. The maximum Gasteiger partial charge on any atom is 0.215 e. The summed E-state index contributed by atoms with van der Waals surface area (Å²) in [5, 5.41) is -0.174. The smallest absolute Gasteiger partial charge is 0.215 e. The van der Waals surface area contributed by atoms with Crippen molar-refractivity contribution in [2.75, 3.05) is 27.6 Å². The first kappa shape index (κ1) is 6.17. The Kier molecular flexibility index (Phi) is 1.84. The summed E-state index contributed by atoms with van der Waals surface area (Å²) in [6, 6.07) is 3.19. The number of aryl methyl sites for hydroxylation is 1. The average Bonchev–Trinajstić information content (AvgIpc) is 2.96. The van der Waals surface area contributed by atoms with E-state index >= 15 is 0 Å². The van der Waals surface area contributed by atoms with Crippen LogP contribution in [0.15, 0.2) is 24.4 Å². The van der Waals surface area contributed by atoms with Crippen molar-refractivity contribution in [3.05, 3.63) is 35.5 Å². The summed E-state index contributed by atoms with van der Waals surface area (Å²) in [7, 11) is -3.06.